The molecule has 0 saturated carbocycles. The Bertz CT molecular complexity index is 242. The summed E-state index contributed by atoms with van der Waals surface area (Å²) in [5, 5.41) is 2.05. The maximum Gasteiger partial charge on any atom is 0.234 e. The molecule has 0 aromatic rings. The van der Waals surface area contributed by atoms with Crippen LogP contribution in [-0.2, 0) is 4.79 Å². The van der Waals surface area contributed by atoms with Crippen LogP contribution in [0, 0.1) is 5.41 Å². The molecule has 3 heteroatoms. The summed E-state index contributed by atoms with van der Waals surface area (Å²) in [7, 11) is 0. The fourth-order valence-electron chi connectivity index (χ4n) is 2.12. The van der Waals surface area contributed by atoms with Crippen molar-refractivity contribution in [3.05, 3.63) is 12.7 Å². The number of hydrogen-bond acceptors (Lipinski definition) is 2. The molecule has 16 heavy (non-hydrogen) atoms. The van der Waals surface area contributed by atoms with Crippen LogP contribution in [0.1, 0.15) is 46.0 Å². The van der Waals surface area contributed by atoms with Gasteiger partial charge in [0.05, 0.1) is 0 Å². The summed E-state index contributed by atoms with van der Waals surface area (Å²) in [5.41, 5.74) is 3.01. The Labute approximate surface area is 98.9 Å². The number of piperidine rings is 1. The second-order valence-electron chi connectivity index (χ2n) is 5.42. The van der Waals surface area contributed by atoms with Crippen LogP contribution in [0.25, 0.3) is 0 Å². The maximum absolute atomic E-state index is 11.8. The molecule has 0 aliphatic carbocycles. The monoisotopic (exact) mass is 224 g/mol. The molecule has 0 atom stereocenters. The van der Waals surface area contributed by atoms with Crippen molar-refractivity contribution in [3.8, 4) is 0 Å². The van der Waals surface area contributed by atoms with E-state index in [0.717, 1.165) is 19.5 Å². The number of carbonyl (C=O) groups excluding carboxylic acids is 1. The highest BCUT2D eigenvalue weighted by molar-refractivity contribution is 5.76. The fraction of sp³-hybridized carbons (Fsp3) is 0.769. The second-order valence-corrected chi connectivity index (χ2v) is 5.42. The van der Waals surface area contributed by atoms with E-state index in [9.17, 15) is 4.79 Å². The van der Waals surface area contributed by atoms with Gasteiger partial charge in [-0.05, 0) is 24.7 Å². The number of nitrogens with zero attached hydrogens (tertiary/aromatic N) is 1. The van der Waals surface area contributed by atoms with Crippen LogP contribution >= 0.6 is 0 Å². The van der Waals surface area contributed by atoms with Gasteiger partial charge in [-0.3, -0.25) is 10.2 Å². The van der Waals surface area contributed by atoms with Crippen LogP contribution in [0.3, 0.4) is 0 Å². The number of allylic oxidation sites excluding steroid dienone is 1. The van der Waals surface area contributed by atoms with Gasteiger partial charge in [-0.1, -0.05) is 26.3 Å². The summed E-state index contributed by atoms with van der Waals surface area (Å²) < 4.78 is 0. The minimum atomic E-state index is 0.0155. The zero-order valence-corrected chi connectivity index (χ0v) is 10.6. The molecule has 1 aliphatic heterocycles. The van der Waals surface area contributed by atoms with E-state index in [1.54, 1.807) is 0 Å². The van der Waals surface area contributed by atoms with Crippen molar-refractivity contribution in [2.24, 2.45) is 5.41 Å². The Morgan fingerprint density at radius 2 is 2.00 bits per heavy atom. The molecule has 3 nitrogen and oxygen atoms in total. The van der Waals surface area contributed by atoms with E-state index in [-0.39, 0.29) is 11.3 Å². The molecule has 0 aromatic heterocycles. The highest BCUT2D eigenvalue weighted by Gasteiger charge is 2.22. The summed E-state index contributed by atoms with van der Waals surface area (Å²) in [6, 6.07) is 0. The topological polar surface area (TPSA) is 32.3 Å². The zero-order valence-electron chi connectivity index (χ0n) is 10.6. The van der Waals surface area contributed by atoms with Crippen LogP contribution < -0.4 is 5.43 Å². The van der Waals surface area contributed by atoms with Crippen LogP contribution in [0.4, 0.5) is 0 Å². The Kier molecular flexibility index (Phi) is 5.00. The molecule has 92 valence electrons. The molecular weight excluding hydrogens is 200 g/mol. The molecule has 1 saturated heterocycles. The summed E-state index contributed by atoms with van der Waals surface area (Å²) in [6.45, 7) is 9.92. The lowest BCUT2D eigenvalue weighted by Crippen LogP contribution is -2.46. The van der Waals surface area contributed by atoms with Gasteiger partial charge in [0.25, 0.3) is 0 Å². The minimum Gasteiger partial charge on any atom is -0.289 e. The van der Waals surface area contributed by atoms with Gasteiger partial charge < -0.3 is 0 Å². The Morgan fingerprint density at radius 1 is 1.38 bits per heavy atom. The van der Waals surface area contributed by atoms with Crippen molar-refractivity contribution in [3.63, 3.8) is 0 Å². The quantitative estimate of drug-likeness (QED) is 0.728. The van der Waals surface area contributed by atoms with Gasteiger partial charge in [-0.15, -0.1) is 6.58 Å². The first kappa shape index (κ1) is 13.2. The fourth-order valence-corrected chi connectivity index (χ4v) is 2.12. The smallest absolute Gasteiger partial charge is 0.234 e. The van der Waals surface area contributed by atoms with Gasteiger partial charge in [0, 0.05) is 19.5 Å². The summed E-state index contributed by atoms with van der Waals surface area (Å²) in [6.07, 6.45) is 6.99. The van der Waals surface area contributed by atoms with Gasteiger partial charge in [0.1, 0.15) is 0 Å². The summed E-state index contributed by atoms with van der Waals surface area (Å²) in [4.78, 5) is 11.8. The van der Waals surface area contributed by atoms with Gasteiger partial charge in [-0.25, -0.2) is 5.01 Å². The molecule has 0 aromatic carbocycles. The summed E-state index contributed by atoms with van der Waals surface area (Å²) in [5.74, 6) is 0.133. The zero-order chi connectivity index (χ0) is 12.0. The predicted octanol–water partition coefficient (Wildman–Crippen LogP) is 2.50. The third kappa shape index (κ3) is 4.79. The lowest BCUT2D eigenvalue weighted by atomic mass is 9.85. The molecule has 1 heterocycles. The molecule has 1 N–H and O–H groups in total. The molecule has 1 rings (SSSR count). The van der Waals surface area contributed by atoms with Gasteiger partial charge in [0.2, 0.25) is 5.91 Å². The first-order valence-electron chi connectivity index (χ1n) is 6.19. The van der Waals surface area contributed by atoms with Gasteiger partial charge >= 0.3 is 0 Å². The number of rotatable bonds is 5. The first-order valence-corrected chi connectivity index (χ1v) is 6.19. The number of hydrazine groups is 1. The normalized spacial score (nSPS) is 18.1. The van der Waals surface area contributed by atoms with Crippen molar-refractivity contribution in [2.75, 3.05) is 13.1 Å². The van der Waals surface area contributed by atoms with E-state index in [1.165, 1.54) is 19.3 Å². The van der Waals surface area contributed by atoms with Crippen molar-refractivity contribution in [1.82, 2.24) is 10.4 Å². The minimum absolute atomic E-state index is 0.0155. The van der Waals surface area contributed by atoms with Crippen LogP contribution in [0.15, 0.2) is 12.7 Å². The van der Waals surface area contributed by atoms with Crippen molar-refractivity contribution in [1.29, 1.82) is 0 Å². The van der Waals surface area contributed by atoms with E-state index in [2.05, 4.69) is 30.9 Å². The molecule has 0 spiro atoms. The van der Waals surface area contributed by atoms with E-state index in [1.807, 2.05) is 6.08 Å². The Hall–Kier alpha value is -0.830. The molecular formula is C13H24N2O. The molecule has 1 aliphatic rings. The van der Waals surface area contributed by atoms with Crippen molar-refractivity contribution in [2.45, 2.75) is 46.0 Å². The molecule has 0 radical (unpaired) electrons. The van der Waals surface area contributed by atoms with Gasteiger partial charge in [0.15, 0.2) is 0 Å². The number of hydrogen-bond donors (Lipinski definition) is 1. The molecule has 1 fully saturated rings. The van der Waals surface area contributed by atoms with Crippen LogP contribution in [0.2, 0.25) is 0 Å². The van der Waals surface area contributed by atoms with E-state index in [0.29, 0.717) is 6.42 Å². The van der Waals surface area contributed by atoms with E-state index < -0.39 is 0 Å². The molecule has 0 bridgehead atoms. The second kappa shape index (κ2) is 6.04. The lowest BCUT2D eigenvalue weighted by Gasteiger charge is -2.29. The Morgan fingerprint density at radius 3 is 2.56 bits per heavy atom. The van der Waals surface area contributed by atoms with Crippen LogP contribution in [0.5, 0.6) is 0 Å². The number of amides is 1. The third-order valence-electron chi connectivity index (χ3n) is 2.97. The Balaban J connectivity index is 2.31. The van der Waals surface area contributed by atoms with Crippen molar-refractivity contribution >= 4 is 5.91 Å². The number of nitrogens with one attached hydrogen (secondary N) is 1. The van der Waals surface area contributed by atoms with Crippen molar-refractivity contribution < 1.29 is 4.79 Å². The van der Waals surface area contributed by atoms with Crippen LogP contribution in [-0.4, -0.2) is 24.0 Å². The van der Waals surface area contributed by atoms with E-state index in [4.69, 9.17) is 0 Å². The maximum atomic E-state index is 11.8. The lowest BCUT2D eigenvalue weighted by molar-refractivity contribution is -0.128. The average molecular weight is 224 g/mol. The third-order valence-corrected chi connectivity index (χ3v) is 2.97. The average Bonchev–Trinajstić information content (AvgIpc) is 2.17. The highest BCUT2D eigenvalue weighted by Crippen LogP contribution is 2.25. The highest BCUT2D eigenvalue weighted by atomic mass is 16.2. The SMILES string of the molecule is C=CCC(C)(C)CC(=O)NN1CCCCC1. The van der Waals surface area contributed by atoms with E-state index >= 15 is 0 Å². The first-order chi connectivity index (χ1) is 7.53. The largest absolute Gasteiger partial charge is 0.289 e. The molecule has 1 amide bonds. The summed E-state index contributed by atoms with van der Waals surface area (Å²) >= 11 is 0. The predicted molar refractivity (Wildman–Crippen MR) is 66.8 cm³/mol. The molecule has 0 unspecified atom stereocenters. The number of carbonyl (C=O) groups is 1. The standard InChI is InChI=1S/C13H24N2O/c1-4-8-13(2,3)11-12(16)14-15-9-6-5-7-10-15/h4H,1,5-11H2,2-3H3,(H,14,16). The van der Waals surface area contributed by atoms with Gasteiger partial charge in [-0.2, -0.15) is 0 Å².